The molecule has 0 amide bonds. The van der Waals surface area contributed by atoms with Gasteiger partial charge in [0.15, 0.2) is 5.65 Å². The van der Waals surface area contributed by atoms with Crippen LogP contribution >= 0.6 is 0 Å². The third kappa shape index (κ3) is 2.87. The summed E-state index contributed by atoms with van der Waals surface area (Å²) in [5, 5.41) is 27.2. The molecule has 3 aromatic heterocycles. The van der Waals surface area contributed by atoms with Gasteiger partial charge in [0, 0.05) is 19.3 Å². The van der Waals surface area contributed by atoms with Crippen LogP contribution in [0, 0.1) is 11.3 Å². The first-order valence-corrected chi connectivity index (χ1v) is 6.37. The Kier molecular flexibility index (Phi) is 3.56. The fourth-order valence-electron chi connectivity index (χ4n) is 1.83. The van der Waals surface area contributed by atoms with Crippen LogP contribution in [0.2, 0.25) is 0 Å². The molecule has 0 spiro atoms. The zero-order chi connectivity index (χ0) is 14.5. The molecule has 0 aliphatic rings. The Hall–Kier alpha value is -3.21. The Bertz CT molecular complexity index is 788. The number of hydrogen-bond donors (Lipinski definition) is 2. The lowest BCUT2D eigenvalue weighted by atomic mass is 10.3. The maximum Gasteiger partial charge on any atom is 0.177 e. The normalized spacial score (nSPS) is 10.2. The van der Waals surface area contributed by atoms with E-state index in [4.69, 9.17) is 5.26 Å². The molecule has 0 atom stereocenters. The van der Waals surface area contributed by atoms with Crippen LogP contribution in [0.4, 0.5) is 11.6 Å². The van der Waals surface area contributed by atoms with E-state index < -0.39 is 0 Å². The van der Waals surface area contributed by atoms with Crippen molar-refractivity contribution in [3.05, 3.63) is 42.4 Å². The lowest BCUT2D eigenvalue weighted by Crippen LogP contribution is -2.16. The first kappa shape index (κ1) is 12.8. The Balaban J connectivity index is 1.55. The number of pyridine rings is 1. The summed E-state index contributed by atoms with van der Waals surface area (Å²) in [6, 6.07) is 9.23. The molecule has 0 radical (unpaired) electrons. The predicted octanol–water partition coefficient (Wildman–Crippen LogP) is 0.915. The SMILES string of the molecule is N#Cc1cccnc1NCCNc1ccc2nncn2n1. The summed E-state index contributed by atoms with van der Waals surface area (Å²) in [5.41, 5.74) is 1.23. The van der Waals surface area contributed by atoms with Gasteiger partial charge in [0.2, 0.25) is 0 Å². The molecule has 8 heteroatoms. The summed E-state index contributed by atoms with van der Waals surface area (Å²) in [6.45, 7) is 1.26. The van der Waals surface area contributed by atoms with Crippen molar-refractivity contribution in [3.63, 3.8) is 0 Å². The van der Waals surface area contributed by atoms with Crippen molar-refractivity contribution < 1.29 is 0 Å². The minimum Gasteiger partial charge on any atom is -0.367 e. The zero-order valence-corrected chi connectivity index (χ0v) is 11.1. The molecule has 0 saturated heterocycles. The maximum atomic E-state index is 8.96. The second kappa shape index (κ2) is 5.83. The van der Waals surface area contributed by atoms with Crippen LogP contribution in [0.15, 0.2) is 36.8 Å². The van der Waals surface area contributed by atoms with Gasteiger partial charge in [-0.3, -0.25) is 0 Å². The summed E-state index contributed by atoms with van der Waals surface area (Å²) >= 11 is 0. The third-order valence-corrected chi connectivity index (χ3v) is 2.81. The molecule has 104 valence electrons. The number of hydrogen-bond acceptors (Lipinski definition) is 7. The van der Waals surface area contributed by atoms with E-state index in [1.165, 1.54) is 0 Å². The summed E-state index contributed by atoms with van der Waals surface area (Å²) in [5.74, 6) is 1.31. The first-order chi connectivity index (χ1) is 10.4. The van der Waals surface area contributed by atoms with Crippen LogP contribution in [-0.2, 0) is 0 Å². The lowest BCUT2D eigenvalue weighted by Gasteiger charge is -2.08. The lowest BCUT2D eigenvalue weighted by molar-refractivity contribution is 0.915. The molecule has 0 saturated carbocycles. The van der Waals surface area contributed by atoms with Gasteiger partial charge in [-0.05, 0) is 24.3 Å². The molecule has 8 nitrogen and oxygen atoms in total. The maximum absolute atomic E-state index is 8.96. The van der Waals surface area contributed by atoms with Crippen LogP contribution in [-0.4, -0.2) is 37.9 Å². The highest BCUT2D eigenvalue weighted by Crippen LogP contribution is 2.09. The second-order valence-corrected chi connectivity index (χ2v) is 4.22. The van der Waals surface area contributed by atoms with Gasteiger partial charge in [-0.25, -0.2) is 4.98 Å². The fraction of sp³-hybridized carbons (Fsp3) is 0.154. The number of nitrogens with zero attached hydrogens (tertiary/aromatic N) is 6. The van der Waals surface area contributed by atoms with E-state index in [1.54, 1.807) is 29.2 Å². The largest absolute Gasteiger partial charge is 0.367 e. The van der Waals surface area contributed by atoms with E-state index in [0.717, 1.165) is 5.82 Å². The van der Waals surface area contributed by atoms with Crippen molar-refractivity contribution in [1.82, 2.24) is 24.8 Å². The second-order valence-electron chi connectivity index (χ2n) is 4.22. The topological polar surface area (TPSA) is 104 Å². The zero-order valence-electron chi connectivity index (χ0n) is 11.1. The summed E-state index contributed by atoms with van der Waals surface area (Å²) in [4.78, 5) is 4.13. The summed E-state index contributed by atoms with van der Waals surface area (Å²) < 4.78 is 1.60. The molecule has 0 aliphatic heterocycles. The molecule has 21 heavy (non-hydrogen) atoms. The highest BCUT2D eigenvalue weighted by molar-refractivity contribution is 5.51. The minimum absolute atomic E-state index is 0.529. The van der Waals surface area contributed by atoms with Gasteiger partial charge in [0.25, 0.3) is 0 Å². The van der Waals surface area contributed by atoms with Crippen molar-refractivity contribution in [2.45, 2.75) is 0 Å². The number of aromatic nitrogens is 5. The van der Waals surface area contributed by atoms with E-state index in [9.17, 15) is 0 Å². The first-order valence-electron chi connectivity index (χ1n) is 6.37. The van der Waals surface area contributed by atoms with Gasteiger partial charge in [-0.2, -0.15) is 9.78 Å². The molecule has 2 N–H and O–H groups in total. The highest BCUT2D eigenvalue weighted by atomic mass is 15.4. The van der Waals surface area contributed by atoms with Gasteiger partial charge in [0.05, 0.1) is 5.56 Å². The van der Waals surface area contributed by atoms with Crippen LogP contribution in [0.5, 0.6) is 0 Å². The Morgan fingerprint density at radius 2 is 2.10 bits per heavy atom. The third-order valence-electron chi connectivity index (χ3n) is 2.81. The Morgan fingerprint density at radius 3 is 3.00 bits per heavy atom. The number of rotatable bonds is 5. The van der Waals surface area contributed by atoms with Gasteiger partial charge in [0.1, 0.15) is 24.0 Å². The van der Waals surface area contributed by atoms with Crippen molar-refractivity contribution in [2.24, 2.45) is 0 Å². The molecule has 0 aromatic carbocycles. The van der Waals surface area contributed by atoms with Crippen molar-refractivity contribution in [1.29, 1.82) is 5.26 Å². The smallest absolute Gasteiger partial charge is 0.177 e. The van der Waals surface area contributed by atoms with E-state index in [2.05, 4.69) is 37.0 Å². The van der Waals surface area contributed by atoms with Crippen LogP contribution in [0.25, 0.3) is 5.65 Å². The monoisotopic (exact) mass is 280 g/mol. The van der Waals surface area contributed by atoms with Gasteiger partial charge in [-0.1, -0.05) is 0 Å². The summed E-state index contributed by atoms with van der Waals surface area (Å²) in [7, 11) is 0. The Labute approximate surface area is 120 Å². The molecule has 0 unspecified atom stereocenters. The van der Waals surface area contributed by atoms with Crippen LogP contribution in [0.3, 0.4) is 0 Å². The van der Waals surface area contributed by atoms with Gasteiger partial charge >= 0.3 is 0 Å². The number of nitriles is 1. The standard InChI is InChI=1S/C13H12N8/c14-8-10-2-1-5-16-13(10)17-7-6-15-11-3-4-12-19-18-9-21(12)20-11/h1-5,9H,6-7H2,(H,15,20)(H,16,17). The molecular weight excluding hydrogens is 268 g/mol. The molecule has 0 fully saturated rings. The fourth-order valence-corrected chi connectivity index (χ4v) is 1.83. The number of anilines is 2. The number of fused-ring (bicyclic) bond motifs is 1. The molecular formula is C13H12N8. The van der Waals surface area contributed by atoms with Crippen molar-refractivity contribution in [3.8, 4) is 6.07 Å². The van der Waals surface area contributed by atoms with Gasteiger partial charge < -0.3 is 10.6 Å². The predicted molar refractivity (Wildman–Crippen MR) is 76.7 cm³/mol. The highest BCUT2D eigenvalue weighted by Gasteiger charge is 2.01. The van der Waals surface area contributed by atoms with E-state index in [0.29, 0.717) is 30.1 Å². The van der Waals surface area contributed by atoms with Crippen LogP contribution in [0.1, 0.15) is 5.56 Å². The summed E-state index contributed by atoms with van der Waals surface area (Å²) in [6.07, 6.45) is 3.20. The molecule has 3 aromatic rings. The average Bonchev–Trinajstić information content (AvgIpc) is 2.99. The van der Waals surface area contributed by atoms with E-state index in [1.807, 2.05) is 12.1 Å². The van der Waals surface area contributed by atoms with Crippen molar-refractivity contribution >= 4 is 17.3 Å². The quantitative estimate of drug-likeness (QED) is 0.669. The van der Waals surface area contributed by atoms with Crippen LogP contribution < -0.4 is 10.6 Å². The average molecular weight is 280 g/mol. The van der Waals surface area contributed by atoms with E-state index >= 15 is 0 Å². The Morgan fingerprint density at radius 1 is 1.19 bits per heavy atom. The molecule has 0 aliphatic carbocycles. The number of nitrogens with one attached hydrogen (secondary N) is 2. The van der Waals surface area contributed by atoms with Crippen molar-refractivity contribution in [2.75, 3.05) is 23.7 Å². The van der Waals surface area contributed by atoms with E-state index in [-0.39, 0.29) is 0 Å². The van der Waals surface area contributed by atoms with Gasteiger partial charge in [-0.15, -0.1) is 15.3 Å². The minimum atomic E-state index is 0.529. The molecule has 3 rings (SSSR count). The molecule has 0 bridgehead atoms. The molecule has 3 heterocycles.